The normalized spacial score (nSPS) is 10.2. The van der Waals surface area contributed by atoms with Gasteiger partial charge in [0.05, 0.1) is 7.11 Å². The highest BCUT2D eigenvalue weighted by Crippen LogP contribution is 2.16. The van der Waals surface area contributed by atoms with Crippen LogP contribution in [0.5, 0.6) is 5.75 Å². The fourth-order valence-corrected chi connectivity index (χ4v) is 2.58. The van der Waals surface area contributed by atoms with Crippen LogP contribution in [0.25, 0.3) is 0 Å². The van der Waals surface area contributed by atoms with E-state index in [0.717, 1.165) is 11.1 Å². The molecule has 28 heavy (non-hydrogen) atoms. The van der Waals surface area contributed by atoms with Crippen molar-refractivity contribution >= 4 is 11.8 Å². The van der Waals surface area contributed by atoms with Crippen LogP contribution >= 0.6 is 0 Å². The molecular weight excluding hydrogens is 356 g/mol. The van der Waals surface area contributed by atoms with E-state index >= 15 is 0 Å². The number of hydrogen-bond acceptors (Lipinski definition) is 5. The molecule has 7 nitrogen and oxygen atoms in total. The molecule has 2 heterocycles. The van der Waals surface area contributed by atoms with E-state index in [9.17, 15) is 9.59 Å². The van der Waals surface area contributed by atoms with Crippen molar-refractivity contribution in [3.8, 4) is 5.75 Å². The average Bonchev–Trinajstić information content (AvgIpc) is 2.76. The van der Waals surface area contributed by atoms with E-state index in [1.54, 1.807) is 37.7 Å². The number of carbonyl (C=O) groups is 2. The van der Waals surface area contributed by atoms with Crippen LogP contribution in [0, 0.1) is 0 Å². The molecule has 0 aliphatic heterocycles. The summed E-state index contributed by atoms with van der Waals surface area (Å²) in [4.78, 5) is 32.8. The molecule has 2 N–H and O–H groups in total. The van der Waals surface area contributed by atoms with Gasteiger partial charge in [0, 0.05) is 31.0 Å². The lowest BCUT2D eigenvalue weighted by molar-refractivity contribution is 0.0941. The number of rotatable bonds is 7. The number of benzene rings is 1. The number of methoxy groups -OCH3 is 1. The van der Waals surface area contributed by atoms with Gasteiger partial charge in [-0.1, -0.05) is 24.3 Å². The number of ether oxygens (including phenoxy) is 1. The van der Waals surface area contributed by atoms with E-state index in [-0.39, 0.29) is 23.2 Å². The van der Waals surface area contributed by atoms with E-state index in [2.05, 4.69) is 20.6 Å². The summed E-state index contributed by atoms with van der Waals surface area (Å²) in [6.07, 6.45) is 3.32. The number of nitrogens with one attached hydrogen (secondary N) is 2. The van der Waals surface area contributed by atoms with Crippen molar-refractivity contribution in [2.75, 3.05) is 7.11 Å². The predicted octanol–water partition coefficient (Wildman–Crippen LogP) is 2.35. The SMILES string of the molecule is COc1ccccc1CNC(=O)c1cccc(C(=O)NCc2ccncc2)n1. The van der Waals surface area contributed by atoms with Crippen LogP contribution in [-0.4, -0.2) is 28.9 Å². The lowest BCUT2D eigenvalue weighted by Crippen LogP contribution is -2.27. The molecule has 0 bridgehead atoms. The van der Waals surface area contributed by atoms with Crippen molar-refractivity contribution < 1.29 is 14.3 Å². The van der Waals surface area contributed by atoms with Gasteiger partial charge in [0.1, 0.15) is 17.1 Å². The first-order valence-electron chi connectivity index (χ1n) is 8.71. The highest BCUT2D eigenvalue weighted by atomic mass is 16.5. The van der Waals surface area contributed by atoms with Gasteiger partial charge in [-0.2, -0.15) is 0 Å². The minimum absolute atomic E-state index is 0.173. The largest absolute Gasteiger partial charge is 0.496 e. The molecular formula is C21H20N4O3. The molecule has 0 spiro atoms. The Bertz CT molecular complexity index is 961. The summed E-state index contributed by atoms with van der Waals surface area (Å²) >= 11 is 0. The van der Waals surface area contributed by atoms with Gasteiger partial charge >= 0.3 is 0 Å². The van der Waals surface area contributed by atoms with Crippen LogP contribution in [0.3, 0.4) is 0 Å². The van der Waals surface area contributed by atoms with Gasteiger partial charge in [-0.3, -0.25) is 14.6 Å². The van der Waals surface area contributed by atoms with Crippen LogP contribution in [-0.2, 0) is 13.1 Å². The highest BCUT2D eigenvalue weighted by Gasteiger charge is 2.13. The number of carbonyl (C=O) groups excluding carboxylic acids is 2. The topological polar surface area (TPSA) is 93.2 Å². The Morgan fingerprint density at radius 2 is 1.50 bits per heavy atom. The Balaban J connectivity index is 1.61. The molecule has 2 aromatic heterocycles. The minimum atomic E-state index is -0.366. The Labute approximate surface area is 162 Å². The summed E-state index contributed by atoms with van der Waals surface area (Å²) in [7, 11) is 1.58. The highest BCUT2D eigenvalue weighted by molar-refractivity contribution is 5.96. The molecule has 142 valence electrons. The zero-order chi connectivity index (χ0) is 19.8. The van der Waals surface area contributed by atoms with Crippen LogP contribution in [0.1, 0.15) is 32.1 Å². The average molecular weight is 376 g/mol. The van der Waals surface area contributed by atoms with Crippen LogP contribution < -0.4 is 15.4 Å². The third-order valence-corrected chi connectivity index (χ3v) is 4.05. The van der Waals surface area contributed by atoms with E-state index < -0.39 is 0 Å². The molecule has 0 unspecified atom stereocenters. The van der Waals surface area contributed by atoms with Gasteiger partial charge in [-0.25, -0.2) is 4.98 Å². The van der Waals surface area contributed by atoms with Gasteiger partial charge in [0.15, 0.2) is 0 Å². The van der Waals surface area contributed by atoms with Gasteiger partial charge in [0.25, 0.3) is 11.8 Å². The molecule has 0 fully saturated rings. The molecule has 1 aromatic carbocycles. The summed E-state index contributed by atoms with van der Waals surface area (Å²) in [6, 6.07) is 15.8. The number of hydrogen-bond donors (Lipinski definition) is 2. The van der Waals surface area contributed by atoms with Gasteiger partial charge in [-0.15, -0.1) is 0 Å². The molecule has 0 saturated carbocycles. The third kappa shape index (κ3) is 4.91. The molecule has 7 heteroatoms. The standard InChI is InChI=1S/C21H20N4O3/c1-28-19-8-3-2-5-16(19)14-24-21(27)18-7-4-6-17(25-18)20(26)23-13-15-9-11-22-12-10-15/h2-12H,13-14H2,1H3,(H,23,26)(H,24,27). The molecule has 0 saturated heterocycles. The third-order valence-electron chi connectivity index (χ3n) is 4.05. The maximum Gasteiger partial charge on any atom is 0.270 e. The summed E-state index contributed by atoms with van der Waals surface area (Å²) < 4.78 is 5.27. The lowest BCUT2D eigenvalue weighted by atomic mass is 10.2. The van der Waals surface area contributed by atoms with E-state index in [4.69, 9.17) is 4.74 Å². The first kappa shape index (κ1) is 19.0. The van der Waals surface area contributed by atoms with Gasteiger partial charge < -0.3 is 15.4 Å². The van der Waals surface area contributed by atoms with Crippen LogP contribution in [0.4, 0.5) is 0 Å². The second kappa shape index (κ2) is 9.27. The molecule has 0 atom stereocenters. The summed E-state index contributed by atoms with van der Waals surface area (Å²) in [5.74, 6) is -0.0223. The van der Waals surface area contributed by atoms with Gasteiger partial charge in [-0.05, 0) is 35.9 Å². The maximum absolute atomic E-state index is 12.4. The maximum atomic E-state index is 12.4. The van der Waals surface area contributed by atoms with Crippen LogP contribution in [0.15, 0.2) is 67.0 Å². The van der Waals surface area contributed by atoms with E-state index in [1.165, 1.54) is 0 Å². The monoisotopic (exact) mass is 376 g/mol. The first-order valence-corrected chi connectivity index (χ1v) is 8.71. The zero-order valence-electron chi connectivity index (χ0n) is 15.4. The number of pyridine rings is 2. The second-order valence-corrected chi connectivity index (χ2v) is 5.94. The van der Waals surface area contributed by atoms with Crippen molar-refractivity contribution in [3.05, 3.63) is 89.5 Å². The molecule has 0 aliphatic rings. The Kier molecular flexibility index (Phi) is 6.30. The van der Waals surface area contributed by atoms with Crippen molar-refractivity contribution in [1.29, 1.82) is 0 Å². The molecule has 3 rings (SSSR count). The van der Waals surface area contributed by atoms with Crippen molar-refractivity contribution in [2.45, 2.75) is 13.1 Å². The van der Waals surface area contributed by atoms with Crippen LogP contribution in [0.2, 0.25) is 0 Å². The van der Waals surface area contributed by atoms with E-state index in [1.807, 2.05) is 36.4 Å². The second-order valence-electron chi connectivity index (χ2n) is 5.94. The first-order chi connectivity index (χ1) is 13.7. The Hall–Kier alpha value is -3.74. The Morgan fingerprint density at radius 3 is 2.18 bits per heavy atom. The van der Waals surface area contributed by atoms with Crippen molar-refractivity contribution in [2.24, 2.45) is 0 Å². The number of aromatic nitrogens is 2. The molecule has 2 amide bonds. The molecule has 0 aliphatic carbocycles. The lowest BCUT2D eigenvalue weighted by Gasteiger charge is -2.10. The minimum Gasteiger partial charge on any atom is -0.496 e. The number of amides is 2. The predicted molar refractivity (Wildman–Crippen MR) is 104 cm³/mol. The molecule has 0 radical (unpaired) electrons. The Morgan fingerprint density at radius 1 is 0.857 bits per heavy atom. The summed E-state index contributed by atoms with van der Waals surface area (Å²) in [5, 5.41) is 5.57. The fourth-order valence-electron chi connectivity index (χ4n) is 2.58. The van der Waals surface area contributed by atoms with Crippen molar-refractivity contribution in [1.82, 2.24) is 20.6 Å². The number of para-hydroxylation sites is 1. The molecule has 3 aromatic rings. The summed E-state index contributed by atoms with van der Waals surface area (Å²) in [5.41, 5.74) is 2.13. The summed E-state index contributed by atoms with van der Waals surface area (Å²) in [6.45, 7) is 0.649. The zero-order valence-corrected chi connectivity index (χ0v) is 15.4. The smallest absolute Gasteiger partial charge is 0.270 e. The fraction of sp³-hybridized carbons (Fsp3) is 0.143. The van der Waals surface area contributed by atoms with Crippen molar-refractivity contribution in [3.63, 3.8) is 0 Å². The van der Waals surface area contributed by atoms with E-state index in [0.29, 0.717) is 18.8 Å². The van der Waals surface area contributed by atoms with Gasteiger partial charge in [0.2, 0.25) is 0 Å². The number of nitrogens with zero attached hydrogens (tertiary/aromatic N) is 2. The quantitative estimate of drug-likeness (QED) is 0.660.